The number of aromatic nitrogens is 3. The number of nitrogens with zero attached hydrogens (tertiary/aromatic N) is 2. The van der Waals surface area contributed by atoms with E-state index in [0.717, 1.165) is 30.9 Å². The molecular weight excluding hydrogens is 256 g/mol. The van der Waals surface area contributed by atoms with Crippen molar-refractivity contribution in [3.8, 4) is 0 Å². The Bertz CT molecular complexity index is 452. The zero-order valence-electron chi connectivity index (χ0n) is 9.99. The highest BCUT2D eigenvalue weighted by molar-refractivity contribution is 7.09. The van der Waals surface area contributed by atoms with E-state index in [2.05, 4.69) is 25.9 Å². The fraction of sp³-hybridized carbons (Fsp3) is 0.455. The minimum atomic E-state index is 0. The Morgan fingerprint density at radius 1 is 1.41 bits per heavy atom. The van der Waals surface area contributed by atoms with E-state index in [1.165, 1.54) is 10.6 Å². The summed E-state index contributed by atoms with van der Waals surface area (Å²) in [6, 6.07) is 0. The molecule has 0 atom stereocenters. The molecule has 2 heterocycles. The summed E-state index contributed by atoms with van der Waals surface area (Å²) in [5, 5.41) is 13.6. The van der Waals surface area contributed by atoms with Crippen LogP contribution in [-0.4, -0.2) is 21.7 Å². The van der Waals surface area contributed by atoms with Gasteiger partial charge in [-0.15, -0.1) is 23.7 Å². The van der Waals surface area contributed by atoms with Crippen LogP contribution in [0.4, 0.5) is 0 Å². The van der Waals surface area contributed by atoms with Gasteiger partial charge in [0.05, 0.1) is 11.2 Å². The average Bonchev–Trinajstić information content (AvgIpc) is 2.83. The number of nitrogens with one attached hydrogen (secondary N) is 2. The molecule has 17 heavy (non-hydrogen) atoms. The predicted octanol–water partition coefficient (Wildman–Crippen LogP) is 2.24. The first-order valence-electron chi connectivity index (χ1n) is 5.36. The molecule has 2 aromatic rings. The van der Waals surface area contributed by atoms with Gasteiger partial charge in [-0.3, -0.25) is 5.10 Å². The van der Waals surface area contributed by atoms with E-state index < -0.39 is 0 Å². The molecule has 2 N–H and O–H groups in total. The van der Waals surface area contributed by atoms with E-state index in [0.29, 0.717) is 0 Å². The minimum Gasteiger partial charge on any atom is -0.312 e. The molecule has 0 amide bonds. The molecule has 0 spiro atoms. The summed E-state index contributed by atoms with van der Waals surface area (Å²) in [7, 11) is 0. The number of hydrogen-bond donors (Lipinski definition) is 2. The van der Waals surface area contributed by atoms with Gasteiger partial charge in [-0.1, -0.05) is 0 Å². The summed E-state index contributed by atoms with van der Waals surface area (Å²) in [5.74, 6) is 0. The Balaban J connectivity index is 0.00000144. The third kappa shape index (κ3) is 4.11. The first kappa shape index (κ1) is 14.2. The van der Waals surface area contributed by atoms with Gasteiger partial charge in [0.1, 0.15) is 0 Å². The number of H-pyrrole nitrogens is 1. The van der Waals surface area contributed by atoms with Crippen LogP contribution >= 0.6 is 23.7 Å². The van der Waals surface area contributed by atoms with Crippen molar-refractivity contribution in [3.05, 3.63) is 33.5 Å². The molecule has 6 heteroatoms. The lowest BCUT2D eigenvalue weighted by molar-refractivity contribution is 0.682. The van der Waals surface area contributed by atoms with Crippen LogP contribution < -0.4 is 5.32 Å². The number of aromatic amines is 1. The lowest BCUT2D eigenvalue weighted by Crippen LogP contribution is -2.16. The maximum atomic E-state index is 4.42. The van der Waals surface area contributed by atoms with Gasteiger partial charge in [-0.05, 0) is 13.8 Å². The van der Waals surface area contributed by atoms with Crippen LogP contribution in [0, 0.1) is 13.8 Å². The zero-order valence-corrected chi connectivity index (χ0v) is 11.6. The molecule has 4 nitrogen and oxygen atoms in total. The molecule has 0 fully saturated rings. The smallest absolute Gasteiger partial charge is 0.0940 e. The van der Waals surface area contributed by atoms with Crippen molar-refractivity contribution >= 4 is 23.7 Å². The topological polar surface area (TPSA) is 53.6 Å². The lowest BCUT2D eigenvalue weighted by atomic mass is 10.2. The van der Waals surface area contributed by atoms with Gasteiger partial charge < -0.3 is 5.32 Å². The average molecular weight is 273 g/mol. The van der Waals surface area contributed by atoms with Crippen molar-refractivity contribution in [1.29, 1.82) is 0 Å². The molecule has 0 unspecified atom stereocenters. The highest BCUT2D eigenvalue weighted by Gasteiger charge is 2.00. The quantitative estimate of drug-likeness (QED) is 0.821. The molecule has 0 bridgehead atoms. The van der Waals surface area contributed by atoms with Crippen LogP contribution in [0.1, 0.15) is 22.0 Å². The number of rotatable bonds is 5. The van der Waals surface area contributed by atoms with Crippen molar-refractivity contribution in [2.24, 2.45) is 0 Å². The highest BCUT2D eigenvalue weighted by atomic mass is 35.5. The van der Waals surface area contributed by atoms with Gasteiger partial charge in [-0.25, -0.2) is 4.98 Å². The minimum absolute atomic E-state index is 0. The first-order chi connectivity index (χ1) is 7.75. The molecular formula is C11H17ClN4S. The second kappa shape index (κ2) is 6.74. The first-order valence-corrected chi connectivity index (χ1v) is 6.24. The van der Waals surface area contributed by atoms with Crippen LogP contribution in [0.15, 0.2) is 11.6 Å². The third-order valence-electron chi connectivity index (χ3n) is 2.43. The van der Waals surface area contributed by atoms with Crippen LogP contribution in [0.25, 0.3) is 0 Å². The second-order valence-electron chi connectivity index (χ2n) is 3.83. The van der Waals surface area contributed by atoms with Gasteiger partial charge in [0.15, 0.2) is 0 Å². The molecule has 2 aromatic heterocycles. The Labute approximate surface area is 111 Å². The molecule has 0 saturated heterocycles. The Kier molecular flexibility index (Phi) is 5.61. The van der Waals surface area contributed by atoms with Crippen molar-refractivity contribution in [2.45, 2.75) is 26.8 Å². The van der Waals surface area contributed by atoms with Crippen molar-refractivity contribution in [1.82, 2.24) is 20.5 Å². The van der Waals surface area contributed by atoms with Crippen LogP contribution in [-0.2, 0) is 13.0 Å². The van der Waals surface area contributed by atoms with E-state index in [4.69, 9.17) is 0 Å². The summed E-state index contributed by atoms with van der Waals surface area (Å²) >= 11 is 1.73. The lowest BCUT2D eigenvalue weighted by Gasteiger charge is -2.01. The Hall–Kier alpha value is -0.910. The highest BCUT2D eigenvalue weighted by Crippen LogP contribution is 2.08. The van der Waals surface area contributed by atoms with Crippen LogP contribution in [0.5, 0.6) is 0 Å². The molecule has 0 aliphatic carbocycles. The maximum absolute atomic E-state index is 4.42. The number of thiazole rings is 1. The predicted molar refractivity (Wildman–Crippen MR) is 72.8 cm³/mol. The van der Waals surface area contributed by atoms with Crippen molar-refractivity contribution in [3.63, 3.8) is 0 Å². The fourth-order valence-electron chi connectivity index (χ4n) is 1.49. The second-order valence-corrected chi connectivity index (χ2v) is 4.77. The Morgan fingerprint density at radius 3 is 2.82 bits per heavy atom. The standard InChI is InChI=1S/C11H16N4S.ClH/c1-8-7-16-11(14-8)3-4-12-5-10-6-13-15-9(10)2;/h6-7,12H,3-5H2,1-2H3,(H,13,15);1H. The van der Waals surface area contributed by atoms with E-state index in [9.17, 15) is 0 Å². The summed E-state index contributed by atoms with van der Waals surface area (Å²) in [5.41, 5.74) is 3.48. The van der Waals surface area contributed by atoms with Gasteiger partial charge >= 0.3 is 0 Å². The molecule has 0 saturated carbocycles. The zero-order chi connectivity index (χ0) is 11.4. The monoisotopic (exact) mass is 272 g/mol. The van der Waals surface area contributed by atoms with Crippen LogP contribution in [0.2, 0.25) is 0 Å². The van der Waals surface area contributed by atoms with Gasteiger partial charge in [0, 0.05) is 41.8 Å². The Morgan fingerprint density at radius 2 is 2.24 bits per heavy atom. The summed E-state index contributed by atoms with van der Waals surface area (Å²) in [4.78, 5) is 4.42. The molecule has 0 aromatic carbocycles. The number of halogens is 1. The summed E-state index contributed by atoms with van der Waals surface area (Å²) < 4.78 is 0. The maximum Gasteiger partial charge on any atom is 0.0940 e. The molecule has 0 radical (unpaired) electrons. The van der Waals surface area contributed by atoms with Crippen molar-refractivity contribution < 1.29 is 0 Å². The van der Waals surface area contributed by atoms with Gasteiger partial charge in [0.25, 0.3) is 0 Å². The molecule has 0 aliphatic rings. The van der Waals surface area contributed by atoms with E-state index in [1.807, 2.05) is 20.0 Å². The normalized spacial score (nSPS) is 10.2. The van der Waals surface area contributed by atoms with Crippen molar-refractivity contribution in [2.75, 3.05) is 6.54 Å². The van der Waals surface area contributed by atoms with Crippen LogP contribution in [0.3, 0.4) is 0 Å². The molecule has 0 aliphatic heterocycles. The molecule has 2 rings (SSSR count). The number of hydrogen-bond acceptors (Lipinski definition) is 4. The summed E-state index contributed by atoms with van der Waals surface area (Å²) in [6.45, 7) is 5.89. The number of aryl methyl sites for hydroxylation is 2. The fourth-order valence-corrected chi connectivity index (χ4v) is 2.27. The molecule has 94 valence electrons. The summed E-state index contributed by atoms with van der Waals surface area (Å²) in [6.07, 6.45) is 2.87. The SMILES string of the molecule is Cc1csc(CCNCc2cn[nH]c2C)n1.Cl. The van der Waals surface area contributed by atoms with E-state index in [-0.39, 0.29) is 12.4 Å². The van der Waals surface area contributed by atoms with E-state index >= 15 is 0 Å². The van der Waals surface area contributed by atoms with E-state index in [1.54, 1.807) is 11.3 Å². The third-order valence-corrected chi connectivity index (χ3v) is 3.46. The largest absolute Gasteiger partial charge is 0.312 e. The van der Waals surface area contributed by atoms with Gasteiger partial charge in [0.2, 0.25) is 0 Å². The van der Waals surface area contributed by atoms with Gasteiger partial charge in [-0.2, -0.15) is 5.10 Å².